The Bertz CT molecular complexity index is 1220. The van der Waals surface area contributed by atoms with E-state index in [4.69, 9.17) is 4.74 Å². The quantitative estimate of drug-likeness (QED) is 0.369. The zero-order valence-electron chi connectivity index (χ0n) is 17.4. The number of Topliss-reactive ketones (excluding diaryl/α,β-unsaturated/α-hetero) is 1. The molecule has 164 valence electrons. The molecule has 5 rings (SSSR count). The first kappa shape index (κ1) is 20.9. The van der Waals surface area contributed by atoms with Gasteiger partial charge in [0, 0.05) is 32.7 Å². The minimum Gasteiger partial charge on any atom is -0.504 e. The van der Waals surface area contributed by atoms with E-state index in [2.05, 4.69) is 21.2 Å². The van der Waals surface area contributed by atoms with Crippen molar-refractivity contribution < 1.29 is 29.0 Å². The number of phenols is 1. The fraction of sp³-hybridized carbons (Fsp3) is 0.333. The summed E-state index contributed by atoms with van der Waals surface area (Å²) in [5.41, 5.74) is 2.21. The summed E-state index contributed by atoms with van der Waals surface area (Å²) in [5, 5.41) is 13.4. The SMILES string of the molecule is COc1cc(Br)cc([C@H]2C3=CC[C@@H]4C(=O)NC(=O)[C@@H]4[C@@H]3CC3=C2C(=O)C=C(C)C3=O)c1O. The number of halogens is 1. The van der Waals surface area contributed by atoms with Gasteiger partial charge in [0.15, 0.2) is 23.1 Å². The van der Waals surface area contributed by atoms with Crippen molar-refractivity contribution in [2.24, 2.45) is 17.8 Å². The molecule has 1 aliphatic heterocycles. The van der Waals surface area contributed by atoms with Gasteiger partial charge in [0.05, 0.1) is 18.9 Å². The number of ketones is 2. The lowest BCUT2D eigenvalue weighted by Gasteiger charge is -2.42. The molecule has 0 unspecified atom stereocenters. The number of imide groups is 1. The van der Waals surface area contributed by atoms with E-state index in [9.17, 15) is 24.3 Å². The molecule has 0 radical (unpaired) electrons. The maximum Gasteiger partial charge on any atom is 0.231 e. The lowest BCUT2D eigenvalue weighted by molar-refractivity contribution is -0.126. The summed E-state index contributed by atoms with van der Waals surface area (Å²) in [4.78, 5) is 51.3. The molecule has 1 heterocycles. The molecule has 3 aliphatic carbocycles. The zero-order valence-corrected chi connectivity index (χ0v) is 19.0. The van der Waals surface area contributed by atoms with Crippen LogP contribution in [0.25, 0.3) is 0 Å². The number of amides is 2. The summed E-state index contributed by atoms with van der Waals surface area (Å²) >= 11 is 3.43. The molecule has 2 amide bonds. The second kappa shape index (κ2) is 7.27. The van der Waals surface area contributed by atoms with E-state index in [-0.39, 0.29) is 41.3 Å². The summed E-state index contributed by atoms with van der Waals surface area (Å²) in [6.45, 7) is 1.60. The van der Waals surface area contributed by atoms with Gasteiger partial charge in [0.1, 0.15) is 0 Å². The normalized spacial score (nSPS) is 29.1. The maximum atomic E-state index is 13.2. The minimum absolute atomic E-state index is 0.130. The zero-order chi connectivity index (χ0) is 22.9. The number of ether oxygens (including phenoxy) is 1. The van der Waals surface area contributed by atoms with Crippen molar-refractivity contribution in [3.63, 3.8) is 0 Å². The Labute approximate surface area is 192 Å². The number of benzene rings is 1. The van der Waals surface area contributed by atoms with E-state index in [1.165, 1.54) is 13.2 Å². The van der Waals surface area contributed by atoms with Crippen molar-refractivity contribution in [2.75, 3.05) is 7.11 Å². The summed E-state index contributed by atoms with van der Waals surface area (Å²) in [6.07, 6.45) is 3.80. The van der Waals surface area contributed by atoms with Crippen LogP contribution in [0, 0.1) is 17.8 Å². The van der Waals surface area contributed by atoms with Gasteiger partial charge in [-0.15, -0.1) is 0 Å². The number of hydrogen-bond acceptors (Lipinski definition) is 6. The number of carbonyl (C=O) groups is 4. The summed E-state index contributed by atoms with van der Waals surface area (Å²) in [6, 6.07) is 3.31. The molecule has 0 bridgehead atoms. The van der Waals surface area contributed by atoms with Gasteiger partial charge in [-0.25, -0.2) is 0 Å². The fourth-order valence-corrected chi connectivity index (χ4v) is 6.07. The van der Waals surface area contributed by atoms with Crippen LogP contribution in [-0.4, -0.2) is 35.6 Å². The van der Waals surface area contributed by atoms with Gasteiger partial charge in [0.25, 0.3) is 0 Å². The van der Waals surface area contributed by atoms with E-state index < -0.39 is 23.7 Å². The molecule has 2 N–H and O–H groups in total. The fourth-order valence-electron chi connectivity index (χ4n) is 5.62. The number of allylic oxidation sites excluding steroid dienone is 6. The number of hydrogen-bond donors (Lipinski definition) is 2. The third-order valence-corrected chi connectivity index (χ3v) is 7.46. The lowest BCUT2D eigenvalue weighted by Crippen LogP contribution is -2.39. The van der Waals surface area contributed by atoms with E-state index in [1.54, 1.807) is 19.1 Å². The number of methoxy groups -OCH3 is 1. The number of carbonyl (C=O) groups excluding carboxylic acids is 4. The lowest BCUT2D eigenvalue weighted by atomic mass is 9.59. The Kier molecular flexibility index (Phi) is 4.74. The van der Waals surface area contributed by atoms with Gasteiger partial charge in [-0.1, -0.05) is 27.6 Å². The van der Waals surface area contributed by atoms with E-state index in [0.29, 0.717) is 33.2 Å². The monoisotopic (exact) mass is 497 g/mol. The van der Waals surface area contributed by atoms with Crippen molar-refractivity contribution in [2.45, 2.75) is 25.7 Å². The van der Waals surface area contributed by atoms with Crippen molar-refractivity contribution in [3.8, 4) is 11.5 Å². The third-order valence-electron chi connectivity index (χ3n) is 7.01. The van der Waals surface area contributed by atoms with Gasteiger partial charge >= 0.3 is 0 Å². The Morgan fingerprint density at radius 3 is 2.59 bits per heavy atom. The van der Waals surface area contributed by atoms with Crippen LogP contribution in [-0.2, 0) is 19.2 Å². The number of aromatic hydroxyl groups is 1. The highest BCUT2D eigenvalue weighted by Crippen LogP contribution is 2.56. The van der Waals surface area contributed by atoms with E-state index >= 15 is 0 Å². The number of phenolic OH excluding ortho intramolecular Hbond substituents is 1. The molecule has 32 heavy (non-hydrogen) atoms. The van der Waals surface area contributed by atoms with Gasteiger partial charge in [-0.05, 0) is 43.9 Å². The first-order valence-electron chi connectivity index (χ1n) is 10.3. The van der Waals surface area contributed by atoms with Gasteiger partial charge < -0.3 is 9.84 Å². The Balaban J connectivity index is 1.77. The van der Waals surface area contributed by atoms with Crippen LogP contribution in [0.3, 0.4) is 0 Å². The number of rotatable bonds is 2. The topological polar surface area (TPSA) is 110 Å². The van der Waals surface area contributed by atoms with Gasteiger partial charge in [-0.2, -0.15) is 0 Å². The molecule has 0 saturated carbocycles. The van der Waals surface area contributed by atoms with Crippen molar-refractivity contribution >= 4 is 39.3 Å². The van der Waals surface area contributed by atoms with Crippen LogP contribution >= 0.6 is 15.9 Å². The summed E-state index contributed by atoms with van der Waals surface area (Å²) in [7, 11) is 1.43. The maximum absolute atomic E-state index is 13.2. The predicted octanol–water partition coefficient (Wildman–Crippen LogP) is 2.88. The molecule has 8 heteroatoms. The van der Waals surface area contributed by atoms with Gasteiger partial charge in [-0.3, -0.25) is 24.5 Å². The molecular weight excluding hydrogens is 478 g/mol. The van der Waals surface area contributed by atoms with Crippen LogP contribution in [0.4, 0.5) is 0 Å². The van der Waals surface area contributed by atoms with Gasteiger partial charge in [0.2, 0.25) is 11.8 Å². The average molecular weight is 498 g/mol. The van der Waals surface area contributed by atoms with Crippen molar-refractivity contribution in [1.29, 1.82) is 0 Å². The molecule has 7 nitrogen and oxygen atoms in total. The largest absolute Gasteiger partial charge is 0.504 e. The van der Waals surface area contributed by atoms with Crippen LogP contribution in [0.2, 0.25) is 0 Å². The molecule has 1 saturated heterocycles. The van der Waals surface area contributed by atoms with Crippen LogP contribution < -0.4 is 10.1 Å². The average Bonchev–Trinajstić information content (AvgIpc) is 3.05. The first-order chi connectivity index (χ1) is 15.2. The summed E-state index contributed by atoms with van der Waals surface area (Å²) < 4.78 is 5.94. The molecule has 4 aliphatic rings. The van der Waals surface area contributed by atoms with Crippen LogP contribution in [0.5, 0.6) is 11.5 Å². The van der Waals surface area contributed by atoms with Crippen LogP contribution in [0.15, 0.2) is 51.0 Å². The third kappa shape index (κ3) is 2.85. The van der Waals surface area contributed by atoms with E-state index in [0.717, 1.165) is 5.57 Å². The molecule has 0 spiro atoms. The predicted molar refractivity (Wildman–Crippen MR) is 117 cm³/mol. The van der Waals surface area contributed by atoms with E-state index in [1.807, 2.05) is 6.08 Å². The standard InChI is InChI=1S/C24H20BrNO6/c1-9-5-16(27)20-15(21(9)28)8-13-11(3-4-12-19(13)24(31)26-23(12)30)18(20)14-6-10(25)7-17(32-2)22(14)29/h3,5-7,12-13,18-19,29H,4,8H2,1-2H3,(H,26,30,31)/t12-,13+,18+,19-/m0/s1. The molecule has 4 atom stereocenters. The second-order valence-corrected chi connectivity index (χ2v) is 9.54. The van der Waals surface area contributed by atoms with Crippen molar-refractivity contribution in [3.05, 3.63) is 56.6 Å². The highest BCUT2D eigenvalue weighted by molar-refractivity contribution is 9.10. The number of fused-ring (bicyclic) bond motifs is 3. The molecule has 0 aromatic heterocycles. The number of nitrogens with one attached hydrogen (secondary N) is 1. The molecule has 1 aromatic carbocycles. The highest BCUT2D eigenvalue weighted by atomic mass is 79.9. The first-order valence-corrected chi connectivity index (χ1v) is 11.1. The van der Waals surface area contributed by atoms with Crippen LogP contribution in [0.1, 0.15) is 31.2 Å². The molecular formula is C24H20BrNO6. The Hall–Kier alpha value is -3.00. The smallest absolute Gasteiger partial charge is 0.231 e. The molecule has 1 fully saturated rings. The minimum atomic E-state index is -0.722. The summed E-state index contributed by atoms with van der Waals surface area (Å²) in [5.74, 6) is -3.32. The van der Waals surface area contributed by atoms with Crippen molar-refractivity contribution in [1.82, 2.24) is 5.32 Å². The Morgan fingerprint density at radius 2 is 1.88 bits per heavy atom. The highest BCUT2D eigenvalue weighted by Gasteiger charge is 2.53. The molecule has 1 aromatic rings. The second-order valence-electron chi connectivity index (χ2n) is 8.63. The Morgan fingerprint density at radius 1 is 1.12 bits per heavy atom.